The summed E-state index contributed by atoms with van der Waals surface area (Å²) in [5.41, 5.74) is 0.226. The van der Waals surface area contributed by atoms with Crippen LogP contribution in [0, 0.1) is 0 Å². The molecule has 1 saturated carbocycles. The van der Waals surface area contributed by atoms with Crippen molar-refractivity contribution in [1.29, 1.82) is 0 Å². The van der Waals surface area contributed by atoms with Crippen LogP contribution in [0.15, 0.2) is 12.7 Å². The standard InChI is InChI=1S/C12H23NO/c1-3-4-5-11-14-12(7-6-8-12)9-10-13-2/h3,13H,1,4-11H2,2H3. The lowest BCUT2D eigenvalue weighted by Gasteiger charge is -2.42. The molecule has 1 fully saturated rings. The molecule has 0 aromatic heterocycles. The molecule has 0 aliphatic heterocycles. The second kappa shape index (κ2) is 6.20. The molecular weight excluding hydrogens is 174 g/mol. The number of unbranched alkanes of at least 4 members (excludes halogenated alkanes) is 1. The van der Waals surface area contributed by atoms with Crippen molar-refractivity contribution in [3.63, 3.8) is 0 Å². The van der Waals surface area contributed by atoms with E-state index in [-0.39, 0.29) is 5.60 Å². The van der Waals surface area contributed by atoms with Gasteiger partial charge in [-0.3, -0.25) is 0 Å². The van der Waals surface area contributed by atoms with Crippen LogP contribution in [0.25, 0.3) is 0 Å². The quantitative estimate of drug-likeness (QED) is 0.477. The largest absolute Gasteiger partial charge is 0.375 e. The van der Waals surface area contributed by atoms with E-state index in [9.17, 15) is 0 Å². The van der Waals surface area contributed by atoms with Gasteiger partial charge in [-0.2, -0.15) is 0 Å². The summed E-state index contributed by atoms with van der Waals surface area (Å²) in [4.78, 5) is 0. The van der Waals surface area contributed by atoms with E-state index in [4.69, 9.17) is 4.74 Å². The zero-order chi connectivity index (χ0) is 10.3. The molecule has 14 heavy (non-hydrogen) atoms. The molecule has 0 aromatic rings. The highest BCUT2D eigenvalue weighted by Crippen LogP contribution is 2.38. The Labute approximate surface area is 87.7 Å². The molecule has 2 nitrogen and oxygen atoms in total. The number of hydrogen-bond donors (Lipinski definition) is 1. The van der Waals surface area contributed by atoms with Crippen LogP contribution in [0.2, 0.25) is 0 Å². The summed E-state index contributed by atoms with van der Waals surface area (Å²) < 4.78 is 5.98. The van der Waals surface area contributed by atoms with Gasteiger partial charge in [0, 0.05) is 6.61 Å². The van der Waals surface area contributed by atoms with Crippen molar-refractivity contribution in [3.05, 3.63) is 12.7 Å². The molecule has 0 spiro atoms. The average Bonchev–Trinajstić information content (AvgIpc) is 2.15. The molecule has 0 aromatic carbocycles. The number of ether oxygens (including phenoxy) is 1. The highest BCUT2D eigenvalue weighted by Gasteiger charge is 2.36. The third-order valence-electron chi connectivity index (χ3n) is 3.06. The molecule has 0 amide bonds. The summed E-state index contributed by atoms with van der Waals surface area (Å²) in [6, 6.07) is 0. The van der Waals surface area contributed by atoms with Crippen molar-refractivity contribution in [3.8, 4) is 0 Å². The molecule has 0 unspecified atom stereocenters. The first-order valence-electron chi connectivity index (χ1n) is 5.72. The van der Waals surface area contributed by atoms with Gasteiger partial charge in [0.05, 0.1) is 5.60 Å². The molecule has 0 radical (unpaired) electrons. The van der Waals surface area contributed by atoms with E-state index in [2.05, 4.69) is 11.9 Å². The van der Waals surface area contributed by atoms with Crippen molar-refractivity contribution in [1.82, 2.24) is 5.32 Å². The maximum absolute atomic E-state index is 5.98. The van der Waals surface area contributed by atoms with Crippen molar-refractivity contribution in [2.24, 2.45) is 0 Å². The second-order valence-corrected chi connectivity index (χ2v) is 4.17. The van der Waals surface area contributed by atoms with E-state index in [0.717, 1.165) is 32.4 Å². The Morgan fingerprint density at radius 3 is 2.79 bits per heavy atom. The average molecular weight is 197 g/mol. The summed E-state index contributed by atoms with van der Waals surface area (Å²) in [5, 5.41) is 3.20. The molecule has 0 bridgehead atoms. The number of nitrogens with one attached hydrogen (secondary N) is 1. The minimum absolute atomic E-state index is 0.226. The van der Waals surface area contributed by atoms with Crippen molar-refractivity contribution < 1.29 is 4.74 Å². The lowest BCUT2D eigenvalue weighted by molar-refractivity contribution is -0.104. The van der Waals surface area contributed by atoms with Crippen LogP contribution in [0.3, 0.4) is 0 Å². The Morgan fingerprint density at radius 1 is 1.50 bits per heavy atom. The SMILES string of the molecule is C=CCCCOC1(CCNC)CCC1. The third-order valence-corrected chi connectivity index (χ3v) is 3.06. The van der Waals surface area contributed by atoms with Gasteiger partial charge in [0.25, 0.3) is 0 Å². The number of allylic oxidation sites excluding steroid dienone is 1. The van der Waals surface area contributed by atoms with E-state index in [0.29, 0.717) is 0 Å². The minimum atomic E-state index is 0.226. The van der Waals surface area contributed by atoms with E-state index < -0.39 is 0 Å². The minimum Gasteiger partial charge on any atom is -0.375 e. The fraction of sp³-hybridized carbons (Fsp3) is 0.833. The van der Waals surface area contributed by atoms with Crippen LogP contribution >= 0.6 is 0 Å². The molecule has 1 N–H and O–H groups in total. The Morgan fingerprint density at radius 2 is 2.29 bits per heavy atom. The molecule has 0 heterocycles. The monoisotopic (exact) mass is 197 g/mol. The number of rotatable bonds is 8. The fourth-order valence-electron chi connectivity index (χ4n) is 1.91. The van der Waals surface area contributed by atoms with Gasteiger partial charge in [-0.15, -0.1) is 6.58 Å². The van der Waals surface area contributed by atoms with Crippen molar-refractivity contribution >= 4 is 0 Å². The van der Waals surface area contributed by atoms with Crippen molar-refractivity contribution in [2.75, 3.05) is 20.2 Å². The zero-order valence-corrected chi connectivity index (χ0v) is 9.35. The Hall–Kier alpha value is -0.340. The summed E-state index contributed by atoms with van der Waals surface area (Å²) in [6.07, 6.45) is 9.16. The normalized spacial score (nSPS) is 18.9. The Bertz CT molecular complexity index is 164. The van der Waals surface area contributed by atoms with E-state index in [1.165, 1.54) is 19.3 Å². The van der Waals surface area contributed by atoms with Gasteiger partial charge in [0.1, 0.15) is 0 Å². The van der Waals surface area contributed by atoms with Crippen LogP contribution in [-0.4, -0.2) is 25.8 Å². The lowest BCUT2D eigenvalue weighted by Crippen LogP contribution is -2.42. The maximum Gasteiger partial charge on any atom is 0.0694 e. The predicted molar refractivity (Wildman–Crippen MR) is 60.5 cm³/mol. The molecule has 1 rings (SSSR count). The van der Waals surface area contributed by atoms with Gasteiger partial charge in [-0.1, -0.05) is 6.08 Å². The molecule has 0 atom stereocenters. The molecule has 1 aliphatic carbocycles. The van der Waals surface area contributed by atoms with Gasteiger partial charge in [-0.05, 0) is 52.1 Å². The van der Waals surface area contributed by atoms with E-state index >= 15 is 0 Å². The highest BCUT2D eigenvalue weighted by molar-refractivity contribution is 4.90. The zero-order valence-electron chi connectivity index (χ0n) is 9.35. The van der Waals surface area contributed by atoms with Gasteiger partial charge in [-0.25, -0.2) is 0 Å². The summed E-state index contributed by atoms with van der Waals surface area (Å²) >= 11 is 0. The van der Waals surface area contributed by atoms with Crippen LogP contribution < -0.4 is 5.32 Å². The maximum atomic E-state index is 5.98. The first-order valence-corrected chi connectivity index (χ1v) is 5.72. The van der Waals surface area contributed by atoms with E-state index in [1.54, 1.807) is 0 Å². The first kappa shape index (κ1) is 11.7. The summed E-state index contributed by atoms with van der Waals surface area (Å²) in [7, 11) is 2.00. The molecule has 0 saturated heterocycles. The predicted octanol–water partition coefficient (Wildman–Crippen LogP) is 2.50. The third kappa shape index (κ3) is 3.43. The number of hydrogen-bond acceptors (Lipinski definition) is 2. The molecule has 82 valence electrons. The Balaban J connectivity index is 2.13. The molecule has 1 aliphatic rings. The molecular formula is C12H23NO. The second-order valence-electron chi connectivity index (χ2n) is 4.17. The van der Waals surface area contributed by atoms with Gasteiger partial charge in [0.2, 0.25) is 0 Å². The topological polar surface area (TPSA) is 21.3 Å². The van der Waals surface area contributed by atoms with Crippen LogP contribution in [0.5, 0.6) is 0 Å². The van der Waals surface area contributed by atoms with Crippen LogP contribution in [-0.2, 0) is 4.74 Å². The highest BCUT2D eigenvalue weighted by atomic mass is 16.5. The van der Waals surface area contributed by atoms with Gasteiger partial charge < -0.3 is 10.1 Å². The van der Waals surface area contributed by atoms with Crippen LogP contribution in [0.4, 0.5) is 0 Å². The van der Waals surface area contributed by atoms with Gasteiger partial charge in [0.15, 0.2) is 0 Å². The molecule has 2 heteroatoms. The van der Waals surface area contributed by atoms with Crippen molar-refractivity contribution in [2.45, 2.75) is 44.1 Å². The lowest BCUT2D eigenvalue weighted by atomic mass is 9.77. The first-order chi connectivity index (χ1) is 6.83. The Kier molecular flexibility index (Phi) is 5.20. The van der Waals surface area contributed by atoms with Crippen LogP contribution in [0.1, 0.15) is 38.5 Å². The van der Waals surface area contributed by atoms with Gasteiger partial charge >= 0.3 is 0 Å². The fourth-order valence-corrected chi connectivity index (χ4v) is 1.91. The summed E-state index contributed by atoms with van der Waals surface area (Å²) in [5.74, 6) is 0. The summed E-state index contributed by atoms with van der Waals surface area (Å²) in [6.45, 7) is 5.68. The smallest absolute Gasteiger partial charge is 0.0694 e. The van der Waals surface area contributed by atoms with E-state index in [1.807, 2.05) is 13.1 Å².